The average Bonchev–Trinajstić information content (AvgIpc) is 2.44. The molecular weight excluding hydrogens is 205 g/mol. The summed E-state index contributed by atoms with van der Waals surface area (Å²) >= 11 is 1.05. The van der Waals surface area contributed by atoms with Crippen LogP contribution in [0.2, 0.25) is 0 Å². The van der Waals surface area contributed by atoms with E-state index in [4.69, 9.17) is 5.73 Å². The van der Waals surface area contributed by atoms with Gasteiger partial charge < -0.3 is 10.8 Å². The Kier molecular flexibility index (Phi) is 1.89. The molecule has 3 nitrogen and oxygen atoms in total. The van der Waals surface area contributed by atoms with E-state index in [1.54, 1.807) is 0 Å². The molecule has 0 bridgehead atoms. The molecule has 1 amide bonds. The Morgan fingerprint density at radius 1 is 1.50 bits per heavy atom. The van der Waals surface area contributed by atoms with E-state index in [0.717, 1.165) is 11.3 Å². The van der Waals surface area contributed by atoms with Gasteiger partial charge in [-0.15, -0.1) is 11.3 Å². The average molecular weight is 211 g/mol. The first-order chi connectivity index (χ1) is 6.59. The maximum Gasteiger partial charge on any atom is 0.262 e. The molecule has 5 heteroatoms. The summed E-state index contributed by atoms with van der Waals surface area (Å²) in [6.45, 7) is 0. The van der Waals surface area contributed by atoms with Crippen LogP contribution < -0.4 is 5.73 Å². The molecule has 0 unspecified atom stereocenters. The van der Waals surface area contributed by atoms with Gasteiger partial charge in [0.25, 0.3) is 5.91 Å². The smallest absolute Gasteiger partial charge is 0.262 e. The van der Waals surface area contributed by atoms with Crippen molar-refractivity contribution >= 4 is 27.3 Å². The number of nitrogens with two attached hydrogens (primary N) is 1. The molecule has 0 radical (unpaired) electrons. The maximum atomic E-state index is 12.8. The number of aromatic hydroxyl groups is 1. The van der Waals surface area contributed by atoms with Gasteiger partial charge in [-0.1, -0.05) is 0 Å². The van der Waals surface area contributed by atoms with E-state index in [1.165, 1.54) is 18.2 Å². The van der Waals surface area contributed by atoms with E-state index < -0.39 is 11.7 Å². The highest BCUT2D eigenvalue weighted by Gasteiger charge is 2.15. The molecule has 1 aromatic heterocycles. The molecule has 2 aromatic rings. The molecule has 3 N–H and O–H groups in total. The van der Waals surface area contributed by atoms with E-state index in [2.05, 4.69) is 0 Å². The van der Waals surface area contributed by atoms with E-state index >= 15 is 0 Å². The Morgan fingerprint density at radius 2 is 2.21 bits per heavy atom. The minimum Gasteiger partial charge on any atom is -0.506 e. The van der Waals surface area contributed by atoms with Crippen molar-refractivity contribution < 1.29 is 14.3 Å². The summed E-state index contributed by atoms with van der Waals surface area (Å²) < 4.78 is 13.4. The number of thiophene rings is 1. The normalized spacial score (nSPS) is 10.6. The number of hydrogen-bond acceptors (Lipinski definition) is 3. The summed E-state index contributed by atoms with van der Waals surface area (Å²) in [4.78, 5) is 10.9. The molecule has 0 spiro atoms. The second kappa shape index (κ2) is 2.95. The lowest BCUT2D eigenvalue weighted by Gasteiger charge is -1.91. The second-order valence-electron chi connectivity index (χ2n) is 2.78. The van der Waals surface area contributed by atoms with Crippen molar-refractivity contribution in [2.75, 3.05) is 0 Å². The number of hydrogen-bond donors (Lipinski definition) is 2. The Morgan fingerprint density at radius 3 is 2.86 bits per heavy atom. The van der Waals surface area contributed by atoms with Gasteiger partial charge >= 0.3 is 0 Å². The molecule has 0 saturated heterocycles. The highest BCUT2D eigenvalue weighted by atomic mass is 32.1. The molecule has 1 heterocycles. The predicted molar refractivity (Wildman–Crippen MR) is 52.0 cm³/mol. The molecular formula is C9H6FNO2S. The van der Waals surface area contributed by atoms with Crippen LogP contribution in [0.5, 0.6) is 5.75 Å². The molecule has 0 aliphatic heterocycles. The van der Waals surface area contributed by atoms with Crippen LogP contribution in [0.3, 0.4) is 0 Å². The Labute approximate surface area is 82.6 Å². The summed E-state index contributed by atoms with van der Waals surface area (Å²) in [6, 6.07) is 3.94. The number of carbonyl (C=O) groups excluding carboxylic acids is 1. The standard InChI is InChI=1S/C9H6FNO2S/c10-4-1-2-6-5(3-4)7(12)8(14-6)9(11)13/h1-3,12H,(H2,11,13). The van der Waals surface area contributed by atoms with Crippen molar-refractivity contribution in [1.82, 2.24) is 0 Å². The van der Waals surface area contributed by atoms with Crippen LogP contribution in [0.25, 0.3) is 10.1 Å². The summed E-state index contributed by atoms with van der Waals surface area (Å²) in [5.74, 6) is -1.40. The highest BCUT2D eigenvalue weighted by molar-refractivity contribution is 7.21. The fourth-order valence-corrected chi connectivity index (χ4v) is 2.15. The molecule has 72 valence electrons. The van der Waals surface area contributed by atoms with Gasteiger partial charge in [0.15, 0.2) is 0 Å². The monoisotopic (exact) mass is 211 g/mol. The molecule has 0 saturated carbocycles. The molecule has 0 atom stereocenters. The van der Waals surface area contributed by atoms with Crippen molar-refractivity contribution in [3.8, 4) is 5.75 Å². The predicted octanol–water partition coefficient (Wildman–Crippen LogP) is 1.84. The lowest BCUT2D eigenvalue weighted by atomic mass is 10.2. The molecule has 0 fully saturated rings. The first-order valence-corrected chi connectivity index (χ1v) is 4.62. The minimum atomic E-state index is -0.705. The van der Waals surface area contributed by atoms with Crippen LogP contribution in [-0.2, 0) is 0 Å². The zero-order valence-electron chi connectivity index (χ0n) is 6.95. The number of rotatable bonds is 1. The quantitative estimate of drug-likeness (QED) is 0.756. The first kappa shape index (κ1) is 8.96. The molecule has 2 rings (SSSR count). The van der Waals surface area contributed by atoms with Crippen LogP contribution in [0.15, 0.2) is 18.2 Å². The Bertz CT molecular complexity index is 521. The largest absolute Gasteiger partial charge is 0.506 e. The Hall–Kier alpha value is -1.62. The number of amides is 1. The second-order valence-corrected chi connectivity index (χ2v) is 3.84. The fourth-order valence-electron chi connectivity index (χ4n) is 1.22. The van der Waals surface area contributed by atoms with Gasteiger partial charge in [-0.2, -0.15) is 0 Å². The third-order valence-corrected chi connectivity index (χ3v) is 3.02. The lowest BCUT2D eigenvalue weighted by molar-refractivity contribution is 0.100. The van der Waals surface area contributed by atoms with Gasteiger partial charge in [-0.3, -0.25) is 4.79 Å². The zero-order chi connectivity index (χ0) is 10.3. The van der Waals surface area contributed by atoms with Gasteiger partial charge in [0.05, 0.1) is 0 Å². The van der Waals surface area contributed by atoms with Crippen LogP contribution in [0, 0.1) is 5.82 Å². The number of fused-ring (bicyclic) bond motifs is 1. The summed E-state index contributed by atoms with van der Waals surface area (Å²) in [6.07, 6.45) is 0. The van der Waals surface area contributed by atoms with Gasteiger partial charge in [0.1, 0.15) is 16.4 Å². The molecule has 0 aliphatic carbocycles. The Balaban J connectivity index is 2.80. The van der Waals surface area contributed by atoms with E-state index in [9.17, 15) is 14.3 Å². The number of benzene rings is 1. The van der Waals surface area contributed by atoms with Crippen LogP contribution in [0.4, 0.5) is 4.39 Å². The third-order valence-electron chi connectivity index (χ3n) is 1.85. The van der Waals surface area contributed by atoms with Gasteiger partial charge in [-0.25, -0.2) is 4.39 Å². The van der Waals surface area contributed by atoms with Crippen molar-refractivity contribution in [1.29, 1.82) is 0 Å². The van der Waals surface area contributed by atoms with Crippen molar-refractivity contribution in [2.24, 2.45) is 5.73 Å². The van der Waals surface area contributed by atoms with E-state index in [-0.39, 0.29) is 10.6 Å². The molecule has 14 heavy (non-hydrogen) atoms. The number of primary amides is 1. The third kappa shape index (κ3) is 1.22. The first-order valence-electron chi connectivity index (χ1n) is 3.80. The maximum absolute atomic E-state index is 12.8. The topological polar surface area (TPSA) is 63.3 Å². The molecule has 0 aliphatic rings. The SMILES string of the molecule is NC(=O)c1sc2ccc(F)cc2c1O. The van der Waals surface area contributed by atoms with Crippen LogP contribution in [-0.4, -0.2) is 11.0 Å². The minimum absolute atomic E-state index is 0.0607. The van der Waals surface area contributed by atoms with Crippen LogP contribution >= 0.6 is 11.3 Å². The van der Waals surface area contributed by atoms with Crippen LogP contribution in [0.1, 0.15) is 9.67 Å². The zero-order valence-corrected chi connectivity index (χ0v) is 7.77. The van der Waals surface area contributed by atoms with Gasteiger partial charge in [0, 0.05) is 10.1 Å². The summed E-state index contributed by atoms with van der Waals surface area (Å²) in [5, 5.41) is 9.85. The van der Waals surface area contributed by atoms with Crippen molar-refractivity contribution in [2.45, 2.75) is 0 Å². The number of carbonyl (C=O) groups is 1. The fraction of sp³-hybridized carbons (Fsp3) is 0. The molecule has 1 aromatic carbocycles. The highest BCUT2D eigenvalue weighted by Crippen LogP contribution is 2.36. The van der Waals surface area contributed by atoms with Crippen molar-refractivity contribution in [3.63, 3.8) is 0 Å². The van der Waals surface area contributed by atoms with E-state index in [1.807, 2.05) is 0 Å². The van der Waals surface area contributed by atoms with Crippen molar-refractivity contribution in [3.05, 3.63) is 28.9 Å². The summed E-state index contributed by atoms with van der Waals surface area (Å²) in [5.41, 5.74) is 5.03. The van der Waals surface area contributed by atoms with E-state index in [0.29, 0.717) is 10.1 Å². The summed E-state index contributed by atoms with van der Waals surface area (Å²) in [7, 11) is 0. The number of halogens is 1. The van der Waals surface area contributed by atoms with Gasteiger partial charge in [0.2, 0.25) is 0 Å². The lowest BCUT2D eigenvalue weighted by Crippen LogP contribution is -2.08. The van der Waals surface area contributed by atoms with Gasteiger partial charge in [-0.05, 0) is 18.2 Å².